The molecule has 11 heteroatoms. The topological polar surface area (TPSA) is 85.2 Å². The van der Waals surface area contributed by atoms with E-state index in [0.29, 0.717) is 17.9 Å². The molecule has 0 aliphatic heterocycles. The molecule has 0 unspecified atom stereocenters. The van der Waals surface area contributed by atoms with E-state index >= 15 is 0 Å². The molecule has 2 aliphatic rings. The Morgan fingerprint density at radius 2 is 1.90 bits per heavy atom. The molecule has 1 heterocycles. The number of hydrogen-bond acceptors (Lipinski definition) is 5. The van der Waals surface area contributed by atoms with Gasteiger partial charge in [-0.15, -0.1) is 5.10 Å². The van der Waals surface area contributed by atoms with Crippen molar-refractivity contribution in [2.24, 2.45) is 11.8 Å². The van der Waals surface area contributed by atoms with Crippen LogP contribution < -0.4 is 0 Å². The summed E-state index contributed by atoms with van der Waals surface area (Å²) in [4.78, 5) is 17.7. The van der Waals surface area contributed by atoms with E-state index in [1.54, 1.807) is 0 Å². The number of benzene rings is 1. The fourth-order valence-electron chi connectivity index (χ4n) is 4.49. The number of aromatic nitrogens is 3. The predicted octanol–water partition coefficient (Wildman–Crippen LogP) is 3.36. The minimum Gasteiger partial charge on any atom is -0.322 e. The molecule has 0 saturated heterocycles. The Morgan fingerprint density at radius 3 is 2.47 bits per heavy atom. The molecule has 0 N–H and O–H groups in total. The Morgan fingerprint density at radius 1 is 1.20 bits per heavy atom. The van der Waals surface area contributed by atoms with Gasteiger partial charge < -0.3 is 4.90 Å². The zero-order valence-electron chi connectivity index (χ0n) is 16.2. The summed E-state index contributed by atoms with van der Waals surface area (Å²) in [6.07, 6.45) is 0.117. The zero-order chi connectivity index (χ0) is 21.7. The van der Waals surface area contributed by atoms with Crippen LogP contribution in [0.25, 0.3) is 0 Å². The fraction of sp³-hybridized carbons (Fsp3) is 0.526. The molecule has 0 spiro atoms. The lowest BCUT2D eigenvalue weighted by Crippen LogP contribution is -2.32. The zero-order valence-corrected chi connectivity index (χ0v) is 17.0. The number of carbonyl (C=O) groups excluding carboxylic acids is 1. The molecule has 2 saturated carbocycles. The molecule has 7 nitrogen and oxygen atoms in total. The Labute approximate surface area is 171 Å². The number of amides is 1. The van der Waals surface area contributed by atoms with Gasteiger partial charge in [-0.25, -0.2) is 18.2 Å². The molecule has 1 aromatic heterocycles. The second-order valence-corrected chi connectivity index (χ2v) is 10.1. The van der Waals surface area contributed by atoms with Crippen molar-refractivity contribution in [3.8, 4) is 0 Å². The second kappa shape index (κ2) is 7.36. The van der Waals surface area contributed by atoms with Crippen LogP contribution in [0.15, 0.2) is 35.7 Å². The molecule has 2 aromatic rings. The van der Waals surface area contributed by atoms with E-state index in [1.165, 1.54) is 24.1 Å². The van der Waals surface area contributed by atoms with Gasteiger partial charge in [-0.1, -0.05) is 18.6 Å². The highest BCUT2D eigenvalue weighted by Gasteiger charge is 2.47. The molecule has 1 amide bonds. The van der Waals surface area contributed by atoms with E-state index in [4.69, 9.17) is 0 Å². The lowest BCUT2D eigenvalue weighted by molar-refractivity contribution is -0.137. The van der Waals surface area contributed by atoms with Crippen molar-refractivity contribution in [1.82, 2.24) is 19.7 Å². The SMILES string of the molecule is CN(Cc1ccc(C(F)(F)F)cc1)C(=O)n1cnc(S(=O)(=O)[C@@H]2C[C@H]3CC[C@@H]2C3)n1. The number of sulfone groups is 1. The fourth-order valence-corrected chi connectivity index (χ4v) is 6.43. The first-order valence-electron chi connectivity index (χ1n) is 9.63. The maximum Gasteiger partial charge on any atom is 0.416 e. The summed E-state index contributed by atoms with van der Waals surface area (Å²) in [5.74, 6) is 0.568. The van der Waals surface area contributed by atoms with E-state index in [9.17, 15) is 26.4 Å². The number of rotatable bonds is 4. The van der Waals surface area contributed by atoms with Gasteiger partial charge in [-0.05, 0) is 48.8 Å². The van der Waals surface area contributed by atoms with Crippen LogP contribution in [-0.4, -0.2) is 46.4 Å². The third-order valence-corrected chi connectivity index (χ3v) is 8.09. The standard InChI is InChI=1S/C19H21F3N4O3S/c1-25(10-12-3-6-15(7-4-12)19(20,21)22)18(27)26-11-23-17(24-26)30(28,29)16-9-13-2-5-14(16)8-13/h3-4,6-7,11,13-14,16H,2,5,8-10H2,1H3/t13-,14+,16+/m0/s1. The molecule has 162 valence electrons. The van der Waals surface area contributed by atoms with Gasteiger partial charge in [-0.2, -0.15) is 17.9 Å². The van der Waals surface area contributed by atoms with Crippen molar-refractivity contribution in [3.63, 3.8) is 0 Å². The first-order valence-corrected chi connectivity index (χ1v) is 11.2. The first-order chi connectivity index (χ1) is 14.1. The van der Waals surface area contributed by atoms with Gasteiger partial charge in [0.25, 0.3) is 5.16 Å². The van der Waals surface area contributed by atoms with Crippen LogP contribution in [-0.2, 0) is 22.6 Å². The monoisotopic (exact) mass is 442 g/mol. The molecule has 2 fully saturated rings. The van der Waals surface area contributed by atoms with Gasteiger partial charge in [-0.3, -0.25) is 0 Å². The highest BCUT2D eigenvalue weighted by atomic mass is 32.2. The van der Waals surface area contributed by atoms with E-state index in [2.05, 4.69) is 10.1 Å². The third-order valence-electron chi connectivity index (χ3n) is 6.02. The van der Waals surface area contributed by atoms with Crippen molar-refractivity contribution >= 4 is 15.9 Å². The normalized spacial score (nSPS) is 23.7. The van der Waals surface area contributed by atoms with Gasteiger partial charge in [0.1, 0.15) is 6.33 Å². The van der Waals surface area contributed by atoms with Crippen molar-refractivity contribution in [3.05, 3.63) is 41.7 Å². The largest absolute Gasteiger partial charge is 0.416 e. The van der Waals surface area contributed by atoms with Crippen LogP contribution in [0.3, 0.4) is 0 Å². The quantitative estimate of drug-likeness (QED) is 0.725. The minimum atomic E-state index is -4.43. The highest BCUT2D eigenvalue weighted by molar-refractivity contribution is 7.91. The number of nitrogens with zero attached hydrogens (tertiary/aromatic N) is 4. The summed E-state index contributed by atoms with van der Waals surface area (Å²) in [6.45, 7) is 0.0330. The number of alkyl halides is 3. The predicted molar refractivity (Wildman–Crippen MR) is 100 cm³/mol. The van der Waals surface area contributed by atoms with Gasteiger partial charge >= 0.3 is 12.2 Å². The summed E-state index contributed by atoms with van der Waals surface area (Å²) in [5, 5.41) is 3.05. The van der Waals surface area contributed by atoms with Crippen molar-refractivity contribution in [2.75, 3.05) is 7.05 Å². The summed E-state index contributed by atoms with van der Waals surface area (Å²) in [7, 11) is -2.26. The Hall–Kier alpha value is -2.43. The molecule has 1 aromatic carbocycles. The molecule has 4 rings (SSSR count). The van der Waals surface area contributed by atoms with E-state index in [1.807, 2.05) is 0 Å². The molecular formula is C19H21F3N4O3S. The molecule has 3 atom stereocenters. The number of hydrogen-bond donors (Lipinski definition) is 0. The smallest absolute Gasteiger partial charge is 0.322 e. The number of fused-ring (bicyclic) bond motifs is 2. The van der Waals surface area contributed by atoms with Crippen molar-refractivity contribution in [2.45, 2.75) is 48.8 Å². The maximum atomic E-state index is 12.9. The lowest BCUT2D eigenvalue weighted by Gasteiger charge is -2.20. The summed E-state index contributed by atoms with van der Waals surface area (Å²) < 4.78 is 64.6. The molecule has 30 heavy (non-hydrogen) atoms. The van der Waals surface area contributed by atoms with Gasteiger partial charge in [0.05, 0.1) is 10.8 Å². The van der Waals surface area contributed by atoms with Crippen molar-refractivity contribution < 1.29 is 26.4 Å². The van der Waals surface area contributed by atoms with Crippen LogP contribution in [0.4, 0.5) is 18.0 Å². The second-order valence-electron chi connectivity index (χ2n) is 8.06. The Bertz CT molecular complexity index is 1050. The molecular weight excluding hydrogens is 421 g/mol. The van der Waals surface area contributed by atoms with Gasteiger partial charge in [0.15, 0.2) is 0 Å². The first kappa shape index (κ1) is 20.8. The Kier molecular flexibility index (Phi) is 5.11. The van der Waals surface area contributed by atoms with E-state index < -0.39 is 32.9 Å². The number of halogens is 3. The van der Waals surface area contributed by atoms with Crippen LogP contribution in [0.1, 0.15) is 36.8 Å². The maximum absolute atomic E-state index is 12.9. The van der Waals surface area contributed by atoms with E-state index in [0.717, 1.165) is 42.4 Å². The molecule has 2 bridgehead atoms. The average Bonchev–Trinajstić information content (AvgIpc) is 3.44. The van der Waals surface area contributed by atoms with Crippen LogP contribution >= 0.6 is 0 Å². The minimum absolute atomic E-state index is 0.0330. The Balaban J connectivity index is 1.44. The summed E-state index contributed by atoms with van der Waals surface area (Å²) in [6, 6.07) is 3.85. The number of carbonyl (C=O) groups is 1. The summed E-state index contributed by atoms with van der Waals surface area (Å²) in [5.41, 5.74) is -0.277. The van der Waals surface area contributed by atoms with Crippen LogP contribution in [0.2, 0.25) is 0 Å². The van der Waals surface area contributed by atoms with Crippen LogP contribution in [0.5, 0.6) is 0 Å². The van der Waals surface area contributed by atoms with Gasteiger partial charge in [0, 0.05) is 13.6 Å². The third kappa shape index (κ3) is 3.82. The van der Waals surface area contributed by atoms with E-state index in [-0.39, 0.29) is 17.6 Å². The molecule has 0 radical (unpaired) electrons. The lowest BCUT2D eigenvalue weighted by atomic mass is 10.0. The van der Waals surface area contributed by atoms with Gasteiger partial charge in [0.2, 0.25) is 9.84 Å². The average molecular weight is 442 g/mol. The highest BCUT2D eigenvalue weighted by Crippen LogP contribution is 2.48. The van der Waals surface area contributed by atoms with Crippen LogP contribution in [0, 0.1) is 11.8 Å². The van der Waals surface area contributed by atoms with Crippen molar-refractivity contribution in [1.29, 1.82) is 0 Å². The molecule has 2 aliphatic carbocycles. The summed E-state index contributed by atoms with van der Waals surface area (Å²) >= 11 is 0.